The lowest BCUT2D eigenvalue weighted by Gasteiger charge is -2.29. The maximum absolute atomic E-state index is 13.8. The summed E-state index contributed by atoms with van der Waals surface area (Å²) in [4.78, 5) is 148. The molecule has 0 unspecified atom stereocenters. The van der Waals surface area contributed by atoms with Crippen LogP contribution < -0.4 is 60.2 Å². The average Bonchev–Trinajstić information content (AvgIpc) is 3.77. The summed E-state index contributed by atoms with van der Waals surface area (Å²) < 4.78 is 0. The number of H-pyrrole nitrogens is 1. The number of primary amides is 2. The van der Waals surface area contributed by atoms with Gasteiger partial charge in [0.1, 0.15) is 42.3 Å². The largest absolute Gasteiger partial charge is 0.481 e. The van der Waals surface area contributed by atoms with Crippen LogP contribution in [0.3, 0.4) is 0 Å². The highest BCUT2D eigenvalue weighted by Crippen LogP contribution is 2.12. The minimum absolute atomic E-state index is 0.0237. The van der Waals surface area contributed by atoms with E-state index >= 15 is 0 Å². The first-order chi connectivity index (χ1) is 31.4. The standard InChI is InChI=1S/C40H67N13O14/c1-5-20(4)32(53-33(59)22(42)9-10-31(57)58)39(65)51-27(15-30(44)56)37(63)48-24(12-19(2)3)34(60)52-28(17-54)38(64)49-25(13-21-16-45-18-46-21)35(61)50-26(14-29(43)55)36(62)47-23(40(66)67)8-6-7-11-41/h16,18-20,22-28,32,54H,5-15,17,41-42H2,1-4H3,(H2,43,55)(H2,44,56)(H,45,46)(H,47,62)(H,48,63)(H,49,64)(H,50,61)(H,51,65)(H,52,60)(H,53,59)(H,57,58)(H,66,67)/t20-,22-,23-,24-,25-,26-,27-,28-,32-/m0/s1. The van der Waals surface area contributed by atoms with Crippen LogP contribution in [0, 0.1) is 11.8 Å². The zero-order chi connectivity index (χ0) is 51.0. The van der Waals surface area contributed by atoms with E-state index in [4.69, 9.17) is 28.0 Å². The van der Waals surface area contributed by atoms with Crippen molar-refractivity contribution in [2.45, 2.75) is 140 Å². The monoisotopic (exact) mass is 953 g/mol. The third-order valence-electron chi connectivity index (χ3n) is 10.2. The van der Waals surface area contributed by atoms with Gasteiger partial charge in [0, 0.05) is 24.7 Å². The lowest BCUT2D eigenvalue weighted by atomic mass is 9.96. The minimum atomic E-state index is -1.80. The number of nitrogens with zero attached hydrogens (tertiary/aromatic N) is 1. The first-order valence-corrected chi connectivity index (χ1v) is 21.6. The number of rotatable bonds is 33. The number of carboxylic acid groups (broad SMARTS) is 2. The van der Waals surface area contributed by atoms with Crippen molar-refractivity contribution in [2.24, 2.45) is 34.8 Å². The van der Waals surface area contributed by atoms with Crippen molar-refractivity contribution in [1.29, 1.82) is 0 Å². The van der Waals surface area contributed by atoms with E-state index in [1.165, 1.54) is 12.5 Å². The number of aromatic amines is 1. The molecule has 1 heterocycles. The summed E-state index contributed by atoms with van der Waals surface area (Å²) in [6.45, 7) is 5.87. The van der Waals surface area contributed by atoms with Crippen LogP contribution in [0.5, 0.6) is 0 Å². The fraction of sp³-hybridized carbons (Fsp3) is 0.650. The minimum Gasteiger partial charge on any atom is -0.481 e. The highest BCUT2D eigenvalue weighted by molar-refractivity contribution is 5.99. The Morgan fingerprint density at radius 3 is 1.63 bits per heavy atom. The molecule has 9 amide bonds. The lowest BCUT2D eigenvalue weighted by molar-refractivity contribution is -0.142. The van der Waals surface area contributed by atoms with Gasteiger partial charge in [0.25, 0.3) is 0 Å². The third kappa shape index (κ3) is 21.9. The number of carbonyl (C=O) groups is 11. The predicted octanol–water partition coefficient (Wildman–Crippen LogP) is -5.41. The molecule has 0 aliphatic carbocycles. The molecule has 1 aromatic rings. The smallest absolute Gasteiger partial charge is 0.326 e. The summed E-state index contributed by atoms with van der Waals surface area (Å²) in [5.41, 5.74) is 22.3. The number of aromatic nitrogens is 2. The number of aliphatic hydroxyl groups excluding tert-OH is 1. The van der Waals surface area contributed by atoms with E-state index in [0.29, 0.717) is 19.3 Å². The number of unbranched alkanes of at least 4 members (excludes halogenated alkanes) is 1. The van der Waals surface area contributed by atoms with Crippen molar-refractivity contribution in [3.63, 3.8) is 0 Å². The third-order valence-corrected chi connectivity index (χ3v) is 10.2. The molecule has 0 fully saturated rings. The first kappa shape index (κ1) is 58.3. The highest BCUT2D eigenvalue weighted by Gasteiger charge is 2.36. The number of imidazole rings is 1. The van der Waals surface area contributed by atoms with Crippen LogP contribution >= 0.6 is 0 Å². The predicted molar refractivity (Wildman–Crippen MR) is 235 cm³/mol. The van der Waals surface area contributed by atoms with Crippen LogP contribution in [-0.4, -0.2) is 152 Å². The lowest BCUT2D eigenvalue weighted by Crippen LogP contribution is -2.61. The molecule has 67 heavy (non-hydrogen) atoms. The second kappa shape index (κ2) is 29.7. The Morgan fingerprint density at radius 1 is 0.657 bits per heavy atom. The molecule has 19 N–H and O–H groups in total. The molecular formula is C40H67N13O14. The topological polar surface area (TPSA) is 465 Å². The van der Waals surface area contributed by atoms with Gasteiger partial charge in [0.05, 0.1) is 31.8 Å². The molecule has 376 valence electrons. The number of hydrogen-bond acceptors (Lipinski definition) is 15. The maximum Gasteiger partial charge on any atom is 0.326 e. The van der Waals surface area contributed by atoms with E-state index < -0.39 is 145 Å². The van der Waals surface area contributed by atoms with Gasteiger partial charge < -0.3 is 80.5 Å². The zero-order valence-corrected chi connectivity index (χ0v) is 38.0. The Morgan fingerprint density at radius 2 is 1.15 bits per heavy atom. The first-order valence-electron chi connectivity index (χ1n) is 21.6. The van der Waals surface area contributed by atoms with E-state index in [1.807, 2.05) is 0 Å². The molecule has 27 nitrogen and oxygen atoms in total. The Labute approximate surface area is 386 Å². The second-order valence-corrected chi connectivity index (χ2v) is 16.3. The number of aliphatic carboxylic acids is 2. The summed E-state index contributed by atoms with van der Waals surface area (Å²) in [6.07, 6.45) is 1.01. The molecule has 0 bridgehead atoms. The van der Waals surface area contributed by atoms with Crippen LogP contribution in [0.1, 0.15) is 91.2 Å². The van der Waals surface area contributed by atoms with Crippen LogP contribution in [0.15, 0.2) is 12.5 Å². The van der Waals surface area contributed by atoms with Gasteiger partial charge in [-0.2, -0.15) is 0 Å². The average molecular weight is 954 g/mol. The molecule has 0 aliphatic heterocycles. The molecular weight excluding hydrogens is 887 g/mol. The van der Waals surface area contributed by atoms with E-state index in [9.17, 15) is 63.0 Å². The normalized spacial score (nSPS) is 15.1. The number of carboxylic acids is 2. The molecule has 1 aromatic heterocycles. The Bertz CT molecular complexity index is 1870. The van der Waals surface area contributed by atoms with Gasteiger partial charge in [0.15, 0.2) is 0 Å². The van der Waals surface area contributed by atoms with Crippen molar-refractivity contribution in [1.82, 2.24) is 47.2 Å². The summed E-state index contributed by atoms with van der Waals surface area (Å²) in [6, 6.07) is -12.3. The Hall–Kier alpha value is -6.74. The van der Waals surface area contributed by atoms with Crippen LogP contribution in [0.2, 0.25) is 0 Å². The second-order valence-electron chi connectivity index (χ2n) is 16.3. The maximum atomic E-state index is 13.8. The fourth-order valence-corrected chi connectivity index (χ4v) is 6.29. The summed E-state index contributed by atoms with van der Waals surface area (Å²) in [5.74, 6) is -12.8. The Kier molecular flexibility index (Phi) is 25.9. The van der Waals surface area contributed by atoms with Crippen molar-refractivity contribution in [3.05, 3.63) is 18.2 Å². The molecule has 0 radical (unpaired) electrons. The van der Waals surface area contributed by atoms with Crippen molar-refractivity contribution < 1.29 is 68.1 Å². The van der Waals surface area contributed by atoms with E-state index in [2.05, 4.69) is 47.2 Å². The molecule has 27 heteroatoms. The quantitative estimate of drug-likeness (QED) is 0.0292. The molecule has 0 aromatic carbocycles. The van der Waals surface area contributed by atoms with E-state index in [1.54, 1.807) is 27.7 Å². The van der Waals surface area contributed by atoms with Crippen LogP contribution in [0.4, 0.5) is 0 Å². The van der Waals surface area contributed by atoms with Crippen molar-refractivity contribution >= 4 is 65.1 Å². The van der Waals surface area contributed by atoms with Gasteiger partial charge in [-0.25, -0.2) is 9.78 Å². The summed E-state index contributed by atoms with van der Waals surface area (Å²) in [5, 5.41) is 45.3. The van der Waals surface area contributed by atoms with Gasteiger partial charge in [-0.05, 0) is 50.5 Å². The van der Waals surface area contributed by atoms with Gasteiger partial charge in [-0.3, -0.25) is 47.9 Å². The van der Waals surface area contributed by atoms with Crippen molar-refractivity contribution in [2.75, 3.05) is 13.2 Å². The number of nitrogens with one attached hydrogen (secondary N) is 8. The van der Waals surface area contributed by atoms with Crippen molar-refractivity contribution in [3.8, 4) is 0 Å². The molecule has 0 saturated carbocycles. The van der Waals surface area contributed by atoms with Gasteiger partial charge in [-0.15, -0.1) is 0 Å². The Balaban J connectivity index is 3.35. The SMILES string of the molecule is CC[C@H](C)[C@H](NC(=O)[C@@H](N)CCC(=O)O)C(=O)N[C@@H](CC(N)=O)C(=O)N[C@@H](CC(C)C)C(=O)N[C@@H](CO)C(=O)N[C@@H](Cc1cnc[nH]1)C(=O)N[C@@H](CC(N)=O)C(=O)N[C@@H](CCCCN)C(=O)O. The van der Waals surface area contributed by atoms with Crippen LogP contribution in [0.25, 0.3) is 0 Å². The number of nitrogens with two attached hydrogens (primary N) is 4. The number of amides is 9. The molecule has 9 atom stereocenters. The van der Waals surface area contributed by atoms with Gasteiger partial charge >= 0.3 is 11.9 Å². The number of hydrogen-bond donors (Lipinski definition) is 15. The van der Waals surface area contributed by atoms with Gasteiger partial charge in [0.2, 0.25) is 53.2 Å². The number of aliphatic hydroxyl groups is 1. The fourth-order valence-electron chi connectivity index (χ4n) is 6.29. The van der Waals surface area contributed by atoms with Crippen LogP contribution in [-0.2, 0) is 59.2 Å². The molecule has 0 spiro atoms. The highest BCUT2D eigenvalue weighted by atomic mass is 16.4. The molecule has 0 saturated heterocycles. The summed E-state index contributed by atoms with van der Waals surface area (Å²) >= 11 is 0. The number of carbonyl (C=O) groups excluding carboxylic acids is 9. The molecule has 0 aliphatic rings. The summed E-state index contributed by atoms with van der Waals surface area (Å²) in [7, 11) is 0. The van der Waals surface area contributed by atoms with E-state index in [-0.39, 0.29) is 43.8 Å². The zero-order valence-electron chi connectivity index (χ0n) is 38.0. The van der Waals surface area contributed by atoms with Gasteiger partial charge in [-0.1, -0.05) is 34.1 Å². The molecule has 1 rings (SSSR count). The van der Waals surface area contributed by atoms with E-state index in [0.717, 1.165) is 0 Å².